The largest absolute Gasteiger partial charge is 0.326 e. The predicted octanol–water partition coefficient (Wildman–Crippen LogP) is 5.80. The Balaban J connectivity index is 0.000000289. The van der Waals surface area contributed by atoms with E-state index in [1.54, 1.807) is 15.8 Å². The van der Waals surface area contributed by atoms with Crippen molar-refractivity contribution in [2.45, 2.75) is 85.2 Å². The number of benzene rings is 2. The summed E-state index contributed by atoms with van der Waals surface area (Å²) in [4.78, 5) is 13.7. The van der Waals surface area contributed by atoms with E-state index in [1.807, 2.05) is 62.4 Å². The van der Waals surface area contributed by atoms with Crippen molar-refractivity contribution in [2.24, 2.45) is 0 Å². The molecule has 0 unspecified atom stereocenters. The number of hydrogen-bond donors (Lipinski definition) is 2. The van der Waals surface area contributed by atoms with Crippen molar-refractivity contribution in [1.82, 2.24) is 40.4 Å². The van der Waals surface area contributed by atoms with Crippen LogP contribution in [0.4, 0.5) is 16.4 Å². The molecule has 0 radical (unpaired) electrons. The molecule has 2 amide bonds. The van der Waals surface area contributed by atoms with E-state index in [0.29, 0.717) is 0 Å². The Labute approximate surface area is 230 Å². The summed E-state index contributed by atoms with van der Waals surface area (Å²) in [5.41, 5.74) is 4.03. The van der Waals surface area contributed by atoms with Gasteiger partial charge in [0.1, 0.15) is 6.33 Å². The second kappa shape index (κ2) is 16.6. The number of tetrazole rings is 2. The third kappa shape index (κ3) is 11.0. The summed E-state index contributed by atoms with van der Waals surface area (Å²) in [7, 11) is 0. The van der Waals surface area contributed by atoms with Gasteiger partial charge in [-0.1, -0.05) is 105 Å². The molecule has 0 aliphatic heterocycles. The maximum absolute atomic E-state index is 12.2. The Bertz CT molecular complexity index is 1200. The zero-order valence-electron chi connectivity index (χ0n) is 23.3. The molecule has 4 aromatic rings. The fraction of sp³-hybridized carbons (Fsp3) is 0.464. The van der Waals surface area contributed by atoms with Crippen LogP contribution in [-0.4, -0.2) is 46.4 Å². The Morgan fingerprint density at radius 1 is 0.821 bits per heavy atom. The SMILES string of the molecule is CCCCCCCCCCn1nnc(NC(=O)Nc2c(C)cccc2C)n1.c1ccc(Cn2cnnn2)cc1. The number of aryl methyl sites for hydroxylation is 3. The molecule has 4 rings (SSSR count). The monoisotopic (exact) mass is 532 g/mol. The van der Waals surface area contributed by atoms with Gasteiger partial charge in [0.05, 0.1) is 13.1 Å². The van der Waals surface area contributed by atoms with Gasteiger partial charge >= 0.3 is 6.03 Å². The number of carbonyl (C=O) groups excluding carboxylic acids is 1. The van der Waals surface area contributed by atoms with E-state index in [2.05, 4.69) is 48.5 Å². The first-order valence-electron chi connectivity index (χ1n) is 13.7. The summed E-state index contributed by atoms with van der Waals surface area (Å²) >= 11 is 0. The van der Waals surface area contributed by atoms with Gasteiger partial charge in [-0.25, -0.2) is 9.48 Å². The summed E-state index contributed by atoms with van der Waals surface area (Å²) in [5.74, 6) is 0.221. The minimum absolute atomic E-state index is 0.221. The number of nitrogens with zero attached hydrogens (tertiary/aromatic N) is 8. The first kappa shape index (κ1) is 29.4. The molecule has 2 aromatic heterocycles. The molecule has 0 fully saturated rings. The van der Waals surface area contributed by atoms with Crippen molar-refractivity contribution in [2.75, 3.05) is 10.6 Å². The zero-order valence-corrected chi connectivity index (χ0v) is 23.3. The zero-order chi connectivity index (χ0) is 27.7. The van der Waals surface area contributed by atoms with Crippen LogP contribution in [0, 0.1) is 13.8 Å². The van der Waals surface area contributed by atoms with Crippen LogP contribution in [0.5, 0.6) is 0 Å². The van der Waals surface area contributed by atoms with Gasteiger partial charge in [0, 0.05) is 5.69 Å². The molecule has 0 spiro atoms. The number of hydrogen-bond acceptors (Lipinski definition) is 7. The summed E-state index contributed by atoms with van der Waals surface area (Å²) < 4.78 is 1.69. The molecule has 0 saturated heterocycles. The van der Waals surface area contributed by atoms with Crippen LogP contribution >= 0.6 is 0 Å². The highest BCUT2D eigenvalue weighted by Crippen LogP contribution is 2.19. The van der Waals surface area contributed by atoms with Crippen molar-refractivity contribution >= 4 is 17.7 Å². The number of carbonyl (C=O) groups is 1. The summed E-state index contributed by atoms with van der Waals surface area (Å²) in [6.07, 6.45) is 11.7. The molecule has 0 aliphatic rings. The molecule has 208 valence electrons. The smallest absolute Gasteiger partial charge is 0.307 e. The van der Waals surface area contributed by atoms with E-state index >= 15 is 0 Å². The molecule has 39 heavy (non-hydrogen) atoms. The van der Waals surface area contributed by atoms with Crippen LogP contribution in [0.3, 0.4) is 0 Å². The van der Waals surface area contributed by atoms with Gasteiger partial charge in [-0.3, -0.25) is 5.32 Å². The van der Waals surface area contributed by atoms with Gasteiger partial charge in [0.2, 0.25) is 0 Å². The second-order valence-electron chi connectivity index (χ2n) is 9.52. The van der Waals surface area contributed by atoms with Crippen molar-refractivity contribution < 1.29 is 4.79 Å². The molecular weight excluding hydrogens is 492 g/mol. The van der Waals surface area contributed by atoms with E-state index in [0.717, 1.165) is 36.3 Å². The quantitative estimate of drug-likeness (QED) is 0.208. The second-order valence-corrected chi connectivity index (χ2v) is 9.52. The van der Waals surface area contributed by atoms with E-state index in [4.69, 9.17) is 0 Å². The first-order chi connectivity index (χ1) is 19.0. The maximum Gasteiger partial charge on any atom is 0.326 e. The van der Waals surface area contributed by atoms with Crippen LogP contribution in [-0.2, 0) is 13.1 Å². The van der Waals surface area contributed by atoms with E-state index in [9.17, 15) is 4.79 Å². The van der Waals surface area contributed by atoms with Crippen molar-refractivity contribution in [3.05, 3.63) is 71.5 Å². The fourth-order valence-electron chi connectivity index (χ4n) is 4.06. The number of amides is 2. The van der Waals surface area contributed by atoms with Gasteiger partial charge in [0.25, 0.3) is 5.95 Å². The lowest BCUT2D eigenvalue weighted by Crippen LogP contribution is -2.21. The van der Waals surface area contributed by atoms with Crippen LogP contribution < -0.4 is 10.6 Å². The van der Waals surface area contributed by atoms with Crippen LogP contribution in [0.25, 0.3) is 0 Å². The molecular formula is C28H40N10O. The number of urea groups is 1. The standard InChI is InChI=1S/C20H32N6O.C8H8N4/c1-4-5-6-7-8-9-10-11-15-26-24-19(23-25-26)22-20(27)21-18-16(2)13-12-14-17(18)3;1-2-4-8(5-3-1)6-12-7-9-10-11-12/h12-14H,4-11,15H2,1-3H3,(H2,21,22,24,27);1-5,7H,6H2. The third-order valence-electron chi connectivity index (χ3n) is 6.19. The van der Waals surface area contributed by atoms with Crippen LogP contribution in [0.15, 0.2) is 54.9 Å². The Hall–Kier alpha value is -4.15. The van der Waals surface area contributed by atoms with Gasteiger partial charge in [-0.05, 0) is 52.6 Å². The molecule has 0 atom stereocenters. The third-order valence-corrected chi connectivity index (χ3v) is 6.19. The number of rotatable bonds is 13. The normalized spacial score (nSPS) is 10.5. The number of nitrogens with one attached hydrogen (secondary N) is 2. The lowest BCUT2D eigenvalue weighted by atomic mass is 10.1. The highest BCUT2D eigenvalue weighted by molar-refractivity contribution is 5.99. The lowest BCUT2D eigenvalue weighted by molar-refractivity contribution is 0.262. The molecule has 2 N–H and O–H groups in total. The number of para-hydroxylation sites is 1. The van der Waals surface area contributed by atoms with Crippen LogP contribution in [0.2, 0.25) is 0 Å². The molecule has 11 heteroatoms. The average molecular weight is 533 g/mol. The average Bonchev–Trinajstić information content (AvgIpc) is 3.61. The highest BCUT2D eigenvalue weighted by atomic mass is 16.2. The lowest BCUT2D eigenvalue weighted by Gasteiger charge is -2.10. The van der Waals surface area contributed by atoms with Gasteiger partial charge in [-0.2, -0.15) is 4.80 Å². The van der Waals surface area contributed by atoms with Crippen LogP contribution in [0.1, 0.15) is 75.0 Å². The molecule has 11 nitrogen and oxygen atoms in total. The van der Waals surface area contributed by atoms with E-state index in [-0.39, 0.29) is 12.0 Å². The molecule has 0 aliphatic carbocycles. The summed E-state index contributed by atoms with van der Waals surface area (Å²) in [6, 6.07) is 15.6. The Morgan fingerprint density at radius 2 is 1.51 bits per heavy atom. The van der Waals surface area contributed by atoms with E-state index < -0.39 is 0 Å². The summed E-state index contributed by atoms with van der Waals surface area (Å²) in [5, 5.41) is 28.5. The highest BCUT2D eigenvalue weighted by Gasteiger charge is 2.10. The number of aromatic nitrogens is 8. The van der Waals surface area contributed by atoms with Gasteiger partial charge < -0.3 is 5.32 Å². The topological polar surface area (TPSA) is 128 Å². The summed E-state index contributed by atoms with van der Waals surface area (Å²) in [6.45, 7) is 7.61. The Morgan fingerprint density at radius 3 is 2.18 bits per heavy atom. The van der Waals surface area contributed by atoms with Gasteiger partial charge in [-0.15, -0.1) is 10.2 Å². The maximum atomic E-state index is 12.2. The van der Waals surface area contributed by atoms with Crippen molar-refractivity contribution in [3.8, 4) is 0 Å². The van der Waals surface area contributed by atoms with Crippen molar-refractivity contribution in [1.29, 1.82) is 0 Å². The molecule has 0 saturated carbocycles. The fourth-order valence-corrected chi connectivity index (χ4v) is 4.06. The predicted molar refractivity (Wildman–Crippen MR) is 152 cm³/mol. The minimum atomic E-state index is -0.362. The number of anilines is 2. The van der Waals surface area contributed by atoms with Crippen molar-refractivity contribution in [3.63, 3.8) is 0 Å². The Kier molecular flexibility index (Phi) is 12.5. The molecule has 0 bridgehead atoms. The minimum Gasteiger partial charge on any atom is -0.307 e. The molecule has 2 aromatic carbocycles. The first-order valence-corrected chi connectivity index (χ1v) is 13.7. The number of unbranched alkanes of at least 4 members (excludes halogenated alkanes) is 7. The van der Waals surface area contributed by atoms with Gasteiger partial charge in [0.15, 0.2) is 0 Å². The van der Waals surface area contributed by atoms with E-state index in [1.165, 1.54) is 50.5 Å². The molecule has 2 heterocycles.